The van der Waals surface area contributed by atoms with Gasteiger partial charge in [-0.15, -0.1) is 16.4 Å². The maximum atomic E-state index is 12.7. The van der Waals surface area contributed by atoms with E-state index < -0.39 is 5.97 Å². The smallest absolute Gasteiger partial charge is 0.358 e. The van der Waals surface area contributed by atoms with Gasteiger partial charge < -0.3 is 10.0 Å². The minimum Gasteiger partial charge on any atom is -0.476 e. The van der Waals surface area contributed by atoms with Gasteiger partial charge in [0.05, 0.1) is 17.1 Å². The van der Waals surface area contributed by atoms with Crippen LogP contribution in [0.25, 0.3) is 0 Å². The van der Waals surface area contributed by atoms with Crippen molar-refractivity contribution in [3.8, 4) is 0 Å². The van der Waals surface area contributed by atoms with Crippen LogP contribution in [-0.4, -0.2) is 50.0 Å². The number of aromatic nitrogens is 3. The molecule has 23 heavy (non-hydrogen) atoms. The lowest BCUT2D eigenvalue weighted by atomic mass is 10.1. The topological polar surface area (TPSA) is 88.3 Å². The number of hydrogen-bond acceptors (Lipinski definition) is 5. The molecule has 1 atom stereocenters. The number of hydrogen-bond donors (Lipinski definition) is 1. The van der Waals surface area contributed by atoms with Gasteiger partial charge in [-0.1, -0.05) is 5.21 Å². The molecule has 1 aliphatic rings. The molecular weight excluding hydrogens is 316 g/mol. The van der Waals surface area contributed by atoms with E-state index in [4.69, 9.17) is 5.11 Å². The first kappa shape index (κ1) is 15.7. The molecular formula is C15H18N4O3S. The van der Waals surface area contributed by atoms with E-state index in [2.05, 4.69) is 10.3 Å². The molecule has 0 radical (unpaired) electrons. The van der Waals surface area contributed by atoms with Gasteiger partial charge in [-0.25, -0.2) is 9.48 Å². The van der Waals surface area contributed by atoms with Crippen LogP contribution >= 0.6 is 11.3 Å². The van der Waals surface area contributed by atoms with Gasteiger partial charge in [-0.3, -0.25) is 4.79 Å². The molecule has 8 heteroatoms. The molecule has 0 saturated carbocycles. The molecule has 0 bridgehead atoms. The monoisotopic (exact) mass is 334 g/mol. The molecule has 1 fully saturated rings. The normalized spacial score (nSPS) is 18.2. The molecule has 1 aliphatic heterocycles. The van der Waals surface area contributed by atoms with Gasteiger partial charge >= 0.3 is 5.97 Å². The number of piperidine rings is 1. The van der Waals surface area contributed by atoms with Crippen molar-refractivity contribution in [2.75, 3.05) is 13.1 Å². The SMILES string of the molecule is Cc1cc(C)c(C(=O)N2CCCC(n3cc(C(=O)O)nn3)C2)s1. The quantitative estimate of drug-likeness (QED) is 0.929. The zero-order valence-electron chi connectivity index (χ0n) is 13.0. The first-order chi connectivity index (χ1) is 11.0. The Labute approximate surface area is 137 Å². The second-order valence-electron chi connectivity index (χ2n) is 5.81. The van der Waals surface area contributed by atoms with Crippen LogP contribution in [0, 0.1) is 13.8 Å². The van der Waals surface area contributed by atoms with Crippen molar-refractivity contribution in [2.45, 2.75) is 32.7 Å². The summed E-state index contributed by atoms with van der Waals surface area (Å²) in [4.78, 5) is 27.4. The number of amides is 1. The molecule has 2 aromatic rings. The number of carboxylic acid groups (broad SMARTS) is 1. The van der Waals surface area contributed by atoms with Crippen LogP contribution in [-0.2, 0) is 0 Å². The van der Waals surface area contributed by atoms with Crippen LogP contribution in [0.2, 0.25) is 0 Å². The number of carbonyl (C=O) groups is 2. The van der Waals surface area contributed by atoms with E-state index in [1.165, 1.54) is 17.5 Å². The Balaban J connectivity index is 1.76. The van der Waals surface area contributed by atoms with E-state index in [0.717, 1.165) is 28.2 Å². The predicted octanol–water partition coefficient (Wildman–Crippen LogP) is 2.13. The zero-order chi connectivity index (χ0) is 16.6. The van der Waals surface area contributed by atoms with Crippen molar-refractivity contribution < 1.29 is 14.7 Å². The van der Waals surface area contributed by atoms with E-state index >= 15 is 0 Å². The van der Waals surface area contributed by atoms with E-state index in [1.54, 1.807) is 4.68 Å². The van der Waals surface area contributed by atoms with Gasteiger partial charge in [0.1, 0.15) is 0 Å². The average molecular weight is 334 g/mol. The Bertz CT molecular complexity index is 752. The van der Waals surface area contributed by atoms with Crippen molar-refractivity contribution in [2.24, 2.45) is 0 Å². The van der Waals surface area contributed by atoms with E-state index in [-0.39, 0.29) is 17.6 Å². The summed E-state index contributed by atoms with van der Waals surface area (Å²) < 4.78 is 1.56. The third kappa shape index (κ3) is 3.12. The third-order valence-corrected chi connectivity index (χ3v) is 5.16. The fourth-order valence-electron chi connectivity index (χ4n) is 2.91. The van der Waals surface area contributed by atoms with Crippen LogP contribution < -0.4 is 0 Å². The number of carbonyl (C=O) groups excluding carboxylic acids is 1. The lowest BCUT2D eigenvalue weighted by Gasteiger charge is -2.32. The van der Waals surface area contributed by atoms with Crippen LogP contribution in [0.4, 0.5) is 0 Å². The Kier molecular flexibility index (Phi) is 4.16. The zero-order valence-corrected chi connectivity index (χ0v) is 13.8. The third-order valence-electron chi connectivity index (χ3n) is 4.02. The highest BCUT2D eigenvalue weighted by Gasteiger charge is 2.28. The molecule has 1 N–H and O–H groups in total. The Morgan fingerprint density at radius 2 is 2.17 bits per heavy atom. The fourth-order valence-corrected chi connectivity index (χ4v) is 3.90. The van der Waals surface area contributed by atoms with Gasteiger partial charge in [-0.2, -0.15) is 0 Å². The number of nitrogens with zero attached hydrogens (tertiary/aromatic N) is 4. The standard InChI is InChI=1S/C15H18N4O3S/c1-9-6-10(2)23-13(9)14(20)18-5-3-4-11(7-18)19-8-12(15(21)22)16-17-19/h6,8,11H,3-5,7H2,1-2H3,(H,21,22). The summed E-state index contributed by atoms with van der Waals surface area (Å²) in [6.45, 7) is 5.19. The van der Waals surface area contributed by atoms with Gasteiger partial charge in [-0.05, 0) is 38.3 Å². The van der Waals surface area contributed by atoms with Crippen molar-refractivity contribution in [3.05, 3.63) is 33.3 Å². The maximum Gasteiger partial charge on any atom is 0.358 e. The summed E-state index contributed by atoms with van der Waals surface area (Å²) in [6, 6.07) is 1.99. The van der Waals surface area contributed by atoms with Crippen LogP contribution in [0.3, 0.4) is 0 Å². The van der Waals surface area contributed by atoms with E-state index in [9.17, 15) is 9.59 Å². The Hall–Kier alpha value is -2.22. The summed E-state index contributed by atoms with van der Waals surface area (Å²) in [6.07, 6.45) is 3.15. The van der Waals surface area contributed by atoms with Gasteiger partial charge in [0, 0.05) is 18.0 Å². The highest BCUT2D eigenvalue weighted by atomic mass is 32.1. The van der Waals surface area contributed by atoms with E-state index in [0.29, 0.717) is 13.1 Å². The number of carboxylic acids is 1. The van der Waals surface area contributed by atoms with Crippen molar-refractivity contribution in [1.29, 1.82) is 0 Å². The largest absolute Gasteiger partial charge is 0.476 e. The second-order valence-corrected chi connectivity index (χ2v) is 7.06. The van der Waals surface area contributed by atoms with Crippen LogP contribution in [0.1, 0.15) is 49.5 Å². The number of rotatable bonds is 3. The predicted molar refractivity (Wildman–Crippen MR) is 84.9 cm³/mol. The number of aryl methyl sites for hydroxylation is 2. The number of aromatic carboxylic acids is 1. The molecule has 122 valence electrons. The lowest BCUT2D eigenvalue weighted by molar-refractivity contribution is 0.0669. The van der Waals surface area contributed by atoms with Crippen molar-refractivity contribution in [3.63, 3.8) is 0 Å². The number of thiophene rings is 1. The minimum absolute atomic E-state index is 0.0327. The molecule has 0 spiro atoms. The minimum atomic E-state index is -1.09. The number of likely N-dealkylation sites (tertiary alicyclic amines) is 1. The summed E-state index contributed by atoms with van der Waals surface area (Å²) in [5.41, 5.74) is 0.937. The summed E-state index contributed by atoms with van der Waals surface area (Å²) in [7, 11) is 0. The molecule has 1 amide bonds. The highest BCUT2D eigenvalue weighted by Crippen LogP contribution is 2.26. The Morgan fingerprint density at radius 3 is 2.78 bits per heavy atom. The summed E-state index contributed by atoms with van der Waals surface area (Å²) >= 11 is 1.52. The molecule has 1 saturated heterocycles. The van der Waals surface area contributed by atoms with Crippen LogP contribution in [0.5, 0.6) is 0 Å². The fraction of sp³-hybridized carbons (Fsp3) is 0.467. The molecule has 0 aliphatic carbocycles. The second kappa shape index (κ2) is 6.11. The van der Waals surface area contributed by atoms with Gasteiger partial charge in [0.2, 0.25) is 0 Å². The Morgan fingerprint density at radius 1 is 1.39 bits per heavy atom. The van der Waals surface area contributed by atoms with Crippen molar-refractivity contribution >= 4 is 23.2 Å². The maximum absolute atomic E-state index is 12.7. The average Bonchev–Trinajstić information content (AvgIpc) is 3.13. The molecule has 2 aromatic heterocycles. The first-order valence-electron chi connectivity index (χ1n) is 7.47. The molecule has 3 heterocycles. The molecule has 0 aromatic carbocycles. The van der Waals surface area contributed by atoms with Gasteiger partial charge in [0.15, 0.2) is 5.69 Å². The summed E-state index contributed by atoms with van der Waals surface area (Å²) in [5.74, 6) is -1.05. The van der Waals surface area contributed by atoms with Crippen molar-refractivity contribution in [1.82, 2.24) is 19.9 Å². The van der Waals surface area contributed by atoms with Crippen LogP contribution in [0.15, 0.2) is 12.3 Å². The molecule has 1 unspecified atom stereocenters. The summed E-state index contributed by atoms with van der Waals surface area (Å²) in [5, 5.41) is 16.5. The van der Waals surface area contributed by atoms with E-state index in [1.807, 2.05) is 24.8 Å². The van der Waals surface area contributed by atoms with Gasteiger partial charge in [0.25, 0.3) is 5.91 Å². The lowest BCUT2D eigenvalue weighted by Crippen LogP contribution is -2.40. The molecule has 3 rings (SSSR count). The molecule has 7 nitrogen and oxygen atoms in total. The first-order valence-corrected chi connectivity index (χ1v) is 8.29. The highest BCUT2D eigenvalue weighted by molar-refractivity contribution is 7.14.